The Kier molecular flexibility index (Phi) is 3.89. The van der Waals surface area contributed by atoms with Crippen molar-refractivity contribution < 1.29 is 4.79 Å². The molecule has 106 valence electrons. The van der Waals surface area contributed by atoms with Crippen molar-refractivity contribution in [3.8, 4) is 0 Å². The summed E-state index contributed by atoms with van der Waals surface area (Å²) in [6.45, 7) is 8.43. The van der Waals surface area contributed by atoms with Crippen LogP contribution in [-0.2, 0) is 11.3 Å². The quantitative estimate of drug-likeness (QED) is 0.833. The lowest BCUT2D eigenvalue weighted by Gasteiger charge is -2.23. The number of hydrogen-bond donors (Lipinski definition) is 2. The molecule has 1 unspecified atom stereocenters. The van der Waals surface area contributed by atoms with Crippen LogP contribution in [0.3, 0.4) is 0 Å². The summed E-state index contributed by atoms with van der Waals surface area (Å²) >= 11 is 0. The Bertz CT molecular complexity index is 444. The van der Waals surface area contributed by atoms with Gasteiger partial charge < -0.3 is 10.6 Å². The smallest absolute Gasteiger partial charge is 0.245 e. The average Bonchev–Trinajstić information content (AvgIpc) is 3.01. The summed E-state index contributed by atoms with van der Waals surface area (Å²) in [7, 11) is 0. The van der Waals surface area contributed by atoms with Gasteiger partial charge in [0.05, 0.1) is 11.9 Å². The minimum Gasteiger partial charge on any atom is -0.350 e. The number of nitrogens with zero attached hydrogens (tertiary/aromatic N) is 3. The minimum atomic E-state index is -0.346. The molecule has 1 aromatic heterocycles. The maximum atomic E-state index is 12.0. The highest BCUT2D eigenvalue weighted by Crippen LogP contribution is 2.19. The normalized spacial score (nSPS) is 17.3. The fourth-order valence-corrected chi connectivity index (χ4v) is 1.71. The van der Waals surface area contributed by atoms with Crippen molar-refractivity contribution in [2.24, 2.45) is 0 Å². The third-order valence-corrected chi connectivity index (χ3v) is 2.98. The van der Waals surface area contributed by atoms with Crippen molar-refractivity contribution in [2.45, 2.75) is 64.7 Å². The highest BCUT2D eigenvalue weighted by atomic mass is 16.2. The van der Waals surface area contributed by atoms with E-state index in [1.165, 1.54) is 12.8 Å². The van der Waals surface area contributed by atoms with E-state index in [2.05, 4.69) is 20.9 Å². The van der Waals surface area contributed by atoms with Gasteiger partial charge in [0, 0.05) is 18.1 Å². The zero-order valence-corrected chi connectivity index (χ0v) is 12.1. The first kappa shape index (κ1) is 14.0. The summed E-state index contributed by atoms with van der Waals surface area (Å²) in [4.78, 5) is 12.0. The summed E-state index contributed by atoms with van der Waals surface area (Å²) in [5.41, 5.74) is 0.643. The van der Waals surface area contributed by atoms with Gasteiger partial charge in [-0.05, 0) is 40.5 Å². The van der Waals surface area contributed by atoms with Crippen LogP contribution in [0.2, 0.25) is 0 Å². The van der Waals surface area contributed by atoms with Gasteiger partial charge in [0.25, 0.3) is 0 Å². The first-order chi connectivity index (χ1) is 8.85. The van der Waals surface area contributed by atoms with Gasteiger partial charge in [-0.3, -0.25) is 4.79 Å². The molecule has 1 aromatic rings. The van der Waals surface area contributed by atoms with Crippen molar-refractivity contribution in [2.75, 3.05) is 0 Å². The molecule has 1 fully saturated rings. The molecule has 0 bridgehead atoms. The van der Waals surface area contributed by atoms with Crippen molar-refractivity contribution in [3.05, 3.63) is 11.9 Å². The van der Waals surface area contributed by atoms with Gasteiger partial charge in [0.1, 0.15) is 6.04 Å². The Morgan fingerprint density at radius 1 is 1.53 bits per heavy atom. The van der Waals surface area contributed by atoms with Gasteiger partial charge in [-0.1, -0.05) is 5.21 Å². The topological polar surface area (TPSA) is 71.8 Å². The largest absolute Gasteiger partial charge is 0.350 e. The van der Waals surface area contributed by atoms with Gasteiger partial charge in [-0.15, -0.1) is 5.10 Å². The number of carbonyl (C=O) groups excluding carboxylic acids is 1. The van der Waals surface area contributed by atoms with Crippen LogP contribution >= 0.6 is 0 Å². The van der Waals surface area contributed by atoms with E-state index in [4.69, 9.17) is 0 Å². The summed E-state index contributed by atoms with van der Waals surface area (Å²) < 4.78 is 1.62. The summed E-state index contributed by atoms with van der Waals surface area (Å²) in [5, 5.41) is 14.4. The van der Waals surface area contributed by atoms with Crippen LogP contribution in [-0.4, -0.2) is 32.5 Å². The Balaban J connectivity index is 1.90. The molecule has 2 N–H and O–H groups in total. The van der Waals surface area contributed by atoms with Crippen LogP contribution in [0.25, 0.3) is 0 Å². The molecule has 0 radical (unpaired) electrons. The molecule has 0 saturated heterocycles. The molecule has 0 spiro atoms. The van der Waals surface area contributed by atoms with Crippen LogP contribution in [0.1, 0.15) is 52.3 Å². The van der Waals surface area contributed by atoms with Gasteiger partial charge >= 0.3 is 0 Å². The van der Waals surface area contributed by atoms with Crippen LogP contribution < -0.4 is 10.6 Å². The standard InChI is InChI=1S/C13H23N5O/c1-9(12(19)15-13(2,3)4)18-8-11(16-17-18)7-14-10-5-6-10/h8-10,14H,5-7H2,1-4H3,(H,15,19). The number of hydrogen-bond acceptors (Lipinski definition) is 4. The van der Waals surface area contributed by atoms with Gasteiger partial charge in [-0.25, -0.2) is 4.68 Å². The van der Waals surface area contributed by atoms with Crippen molar-refractivity contribution >= 4 is 5.91 Å². The molecule has 1 atom stereocenters. The number of nitrogens with one attached hydrogen (secondary N) is 2. The molecule has 1 aliphatic carbocycles. The zero-order valence-electron chi connectivity index (χ0n) is 12.1. The van der Waals surface area contributed by atoms with E-state index in [-0.39, 0.29) is 17.5 Å². The highest BCUT2D eigenvalue weighted by Gasteiger charge is 2.23. The molecule has 2 rings (SSSR count). The Morgan fingerprint density at radius 3 is 2.79 bits per heavy atom. The van der Waals surface area contributed by atoms with Crippen LogP contribution in [0.15, 0.2) is 6.20 Å². The maximum Gasteiger partial charge on any atom is 0.245 e. The fourth-order valence-electron chi connectivity index (χ4n) is 1.71. The van der Waals surface area contributed by atoms with E-state index < -0.39 is 0 Å². The van der Waals surface area contributed by atoms with Crippen LogP contribution in [0.4, 0.5) is 0 Å². The first-order valence-corrected chi connectivity index (χ1v) is 6.81. The van der Waals surface area contributed by atoms with Gasteiger partial charge in [-0.2, -0.15) is 0 Å². The molecule has 1 aliphatic rings. The monoisotopic (exact) mass is 265 g/mol. The second-order valence-corrected chi connectivity index (χ2v) is 6.26. The molecule has 0 aliphatic heterocycles. The number of amides is 1. The average molecular weight is 265 g/mol. The van der Waals surface area contributed by atoms with Crippen LogP contribution in [0, 0.1) is 0 Å². The minimum absolute atomic E-state index is 0.0425. The molecule has 6 heteroatoms. The third kappa shape index (κ3) is 4.31. The first-order valence-electron chi connectivity index (χ1n) is 6.81. The molecule has 1 saturated carbocycles. The number of aromatic nitrogens is 3. The Labute approximate surface area is 113 Å². The van der Waals surface area contributed by atoms with E-state index in [0.717, 1.165) is 12.2 Å². The van der Waals surface area contributed by atoms with Crippen molar-refractivity contribution in [1.29, 1.82) is 0 Å². The zero-order chi connectivity index (χ0) is 14.0. The van der Waals surface area contributed by atoms with Crippen molar-refractivity contribution in [1.82, 2.24) is 25.6 Å². The molecule has 1 amide bonds. The lowest BCUT2D eigenvalue weighted by molar-refractivity contribution is -0.125. The summed E-state index contributed by atoms with van der Waals surface area (Å²) in [5.74, 6) is -0.0425. The number of rotatable bonds is 5. The van der Waals surface area contributed by atoms with Gasteiger partial charge in [0.2, 0.25) is 5.91 Å². The van der Waals surface area contributed by atoms with E-state index in [0.29, 0.717) is 6.04 Å². The summed E-state index contributed by atoms with van der Waals surface area (Å²) in [6, 6.07) is 0.299. The predicted molar refractivity (Wildman–Crippen MR) is 72.5 cm³/mol. The molecule has 6 nitrogen and oxygen atoms in total. The lowest BCUT2D eigenvalue weighted by atomic mass is 10.1. The molecular weight excluding hydrogens is 242 g/mol. The summed E-state index contributed by atoms with van der Waals surface area (Å²) in [6.07, 6.45) is 4.33. The van der Waals surface area contributed by atoms with E-state index in [9.17, 15) is 4.79 Å². The Morgan fingerprint density at radius 2 is 2.21 bits per heavy atom. The van der Waals surface area contributed by atoms with E-state index in [1.54, 1.807) is 4.68 Å². The maximum absolute atomic E-state index is 12.0. The second-order valence-electron chi connectivity index (χ2n) is 6.26. The predicted octanol–water partition coefficient (Wildman–Crippen LogP) is 1.01. The molecule has 1 heterocycles. The van der Waals surface area contributed by atoms with Crippen LogP contribution in [0.5, 0.6) is 0 Å². The lowest BCUT2D eigenvalue weighted by Crippen LogP contribution is -2.43. The SMILES string of the molecule is CC(C(=O)NC(C)(C)C)n1cc(CNC2CC2)nn1. The number of carbonyl (C=O) groups is 1. The third-order valence-electron chi connectivity index (χ3n) is 2.98. The van der Waals surface area contributed by atoms with Crippen molar-refractivity contribution in [3.63, 3.8) is 0 Å². The second kappa shape index (κ2) is 5.28. The van der Waals surface area contributed by atoms with E-state index >= 15 is 0 Å². The molecule has 0 aromatic carbocycles. The van der Waals surface area contributed by atoms with E-state index in [1.807, 2.05) is 33.9 Å². The fraction of sp³-hybridized carbons (Fsp3) is 0.769. The Hall–Kier alpha value is -1.43. The van der Waals surface area contributed by atoms with Gasteiger partial charge in [0.15, 0.2) is 0 Å². The molecule has 19 heavy (non-hydrogen) atoms. The molecular formula is C13H23N5O. The highest BCUT2D eigenvalue weighted by molar-refractivity contribution is 5.80.